The van der Waals surface area contributed by atoms with Crippen LogP contribution in [0.2, 0.25) is 5.02 Å². The van der Waals surface area contributed by atoms with Crippen molar-refractivity contribution in [1.82, 2.24) is 15.3 Å². The molecule has 1 fully saturated rings. The van der Waals surface area contributed by atoms with Crippen molar-refractivity contribution < 1.29 is 9.59 Å². The number of nitrogens with two attached hydrogens (primary N) is 2. The largest absolute Gasteiger partial charge is 0.365 e. The Morgan fingerprint density at radius 1 is 1.24 bits per heavy atom. The number of carbonyl (C=O) groups is 2. The van der Waals surface area contributed by atoms with E-state index in [-0.39, 0.29) is 39.8 Å². The normalized spacial score (nSPS) is 15.2. The number of benzene rings is 1. The third-order valence-corrected chi connectivity index (χ3v) is 5.83. The first kappa shape index (κ1) is 24.5. The van der Waals surface area contributed by atoms with E-state index in [4.69, 9.17) is 23.1 Å². The number of rotatable bonds is 8. The van der Waals surface area contributed by atoms with Gasteiger partial charge in [0.05, 0.1) is 10.6 Å². The number of H-pyrrole nitrogens is 1. The van der Waals surface area contributed by atoms with Crippen molar-refractivity contribution in [2.45, 2.75) is 57.5 Å². The van der Waals surface area contributed by atoms with Gasteiger partial charge in [-0.05, 0) is 44.9 Å². The number of anilines is 3. The van der Waals surface area contributed by atoms with Gasteiger partial charge in [-0.2, -0.15) is 4.98 Å². The lowest BCUT2D eigenvalue weighted by Gasteiger charge is -2.33. The second kappa shape index (κ2) is 10.2. The molecule has 1 aliphatic carbocycles. The van der Waals surface area contributed by atoms with Crippen LogP contribution in [0.5, 0.6) is 0 Å². The van der Waals surface area contributed by atoms with E-state index in [2.05, 4.69) is 25.9 Å². The van der Waals surface area contributed by atoms with Crippen molar-refractivity contribution in [3.05, 3.63) is 44.7 Å². The van der Waals surface area contributed by atoms with E-state index in [1.807, 2.05) is 13.8 Å². The van der Waals surface area contributed by atoms with Gasteiger partial charge in [0.1, 0.15) is 5.56 Å². The van der Waals surface area contributed by atoms with Crippen LogP contribution >= 0.6 is 11.6 Å². The lowest BCUT2D eigenvalue weighted by Crippen LogP contribution is -2.48. The maximum atomic E-state index is 12.5. The van der Waals surface area contributed by atoms with Crippen molar-refractivity contribution in [3.63, 3.8) is 0 Å². The van der Waals surface area contributed by atoms with Crippen molar-refractivity contribution in [2.75, 3.05) is 17.2 Å². The Kier molecular flexibility index (Phi) is 7.60. The van der Waals surface area contributed by atoms with Gasteiger partial charge in [0.2, 0.25) is 5.95 Å². The van der Waals surface area contributed by atoms with Crippen LogP contribution < -0.4 is 33.0 Å². The van der Waals surface area contributed by atoms with Crippen molar-refractivity contribution in [1.29, 1.82) is 0 Å². The molecular weight excluding hydrogens is 446 g/mol. The Labute approximate surface area is 196 Å². The van der Waals surface area contributed by atoms with Crippen LogP contribution in [0.25, 0.3) is 0 Å². The van der Waals surface area contributed by atoms with Gasteiger partial charge in [0, 0.05) is 23.8 Å². The van der Waals surface area contributed by atoms with Crippen LogP contribution in [-0.4, -0.2) is 39.9 Å². The minimum atomic E-state index is -0.931. The van der Waals surface area contributed by atoms with E-state index >= 15 is 0 Å². The Morgan fingerprint density at radius 2 is 1.94 bits per heavy atom. The zero-order valence-electron chi connectivity index (χ0n) is 18.8. The van der Waals surface area contributed by atoms with E-state index in [1.54, 1.807) is 12.1 Å². The number of amides is 2. The second-order valence-corrected chi connectivity index (χ2v) is 9.13. The molecule has 2 amide bonds. The predicted molar refractivity (Wildman–Crippen MR) is 129 cm³/mol. The van der Waals surface area contributed by atoms with Gasteiger partial charge in [-0.15, -0.1) is 0 Å². The lowest BCUT2D eigenvalue weighted by atomic mass is 9.82. The molecule has 178 valence electrons. The molecule has 1 aromatic heterocycles. The standard InChI is InChI=1S/C22H30ClN7O3/c1-12(2)27-19(32)14-7-6-13(10-15(14)23)28-18-16(17(24)31)20(33)30-21(29-18)26-11-22(25)8-4-3-5-9-22/h6-7,10,12H,3-5,8-9,11,25H2,1-2H3,(H2,24,31)(H,27,32)(H3,26,28,29,30,33). The van der Waals surface area contributed by atoms with Gasteiger partial charge in [0.15, 0.2) is 5.82 Å². The van der Waals surface area contributed by atoms with E-state index in [9.17, 15) is 14.4 Å². The number of hydrogen-bond acceptors (Lipinski definition) is 7. The van der Waals surface area contributed by atoms with Gasteiger partial charge >= 0.3 is 0 Å². The summed E-state index contributed by atoms with van der Waals surface area (Å²) in [5.41, 5.74) is 11.2. The number of hydrogen-bond donors (Lipinski definition) is 6. The zero-order valence-corrected chi connectivity index (χ0v) is 19.5. The third kappa shape index (κ3) is 6.23. The van der Waals surface area contributed by atoms with Crippen LogP contribution in [-0.2, 0) is 0 Å². The number of nitrogens with zero attached hydrogens (tertiary/aromatic N) is 1. The number of carbonyl (C=O) groups excluding carboxylic acids is 2. The first-order valence-corrected chi connectivity index (χ1v) is 11.3. The Morgan fingerprint density at radius 3 is 2.55 bits per heavy atom. The fourth-order valence-electron chi connectivity index (χ4n) is 3.82. The van der Waals surface area contributed by atoms with Crippen LogP contribution in [0.4, 0.5) is 17.5 Å². The topological polar surface area (TPSA) is 168 Å². The summed E-state index contributed by atoms with van der Waals surface area (Å²) < 4.78 is 0. The molecule has 0 atom stereocenters. The molecule has 0 spiro atoms. The second-order valence-electron chi connectivity index (χ2n) is 8.73. The first-order chi connectivity index (χ1) is 15.6. The molecule has 1 heterocycles. The summed E-state index contributed by atoms with van der Waals surface area (Å²) in [6.07, 6.45) is 5.03. The summed E-state index contributed by atoms with van der Waals surface area (Å²) in [7, 11) is 0. The molecule has 1 aromatic carbocycles. The van der Waals surface area contributed by atoms with Gasteiger partial charge in [0.25, 0.3) is 17.4 Å². The predicted octanol–water partition coefficient (Wildman–Crippen LogP) is 2.48. The highest BCUT2D eigenvalue weighted by atomic mass is 35.5. The van der Waals surface area contributed by atoms with E-state index in [1.165, 1.54) is 6.07 Å². The molecule has 0 saturated heterocycles. The summed E-state index contributed by atoms with van der Waals surface area (Å²) in [4.78, 5) is 43.6. The molecule has 33 heavy (non-hydrogen) atoms. The third-order valence-electron chi connectivity index (χ3n) is 5.52. The molecule has 0 aliphatic heterocycles. The average Bonchev–Trinajstić information content (AvgIpc) is 2.72. The lowest BCUT2D eigenvalue weighted by molar-refractivity contribution is 0.0942. The molecule has 0 unspecified atom stereocenters. The van der Waals surface area contributed by atoms with Gasteiger partial charge in [-0.25, -0.2) is 0 Å². The minimum Gasteiger partial charge on any atom is -0.365 e. The fourth-order valence-corrected chi connectivity index (χ4v) is 4.09. The average molecular weight is 476 g/mol. The van der Waals surface area contributed by atoms with Crippen LogP contribution in [0.15, 0.2) is 23.0 Å². The molecule has 2 aromatic rings. The van der Waals surface area contributed by atoms with Crippen molar-refractivity contribution >= 4 is 40.9 Å². The SMILES string of the molecule is CC(C)NC(=O)c1ccc(Nc2nc(NCC3(N)CCCCC3)[nH]c(=O)c2C(N)=O)cc1Cl. The molecule has 3 rings (SSSR count). The summed E-state index contributed by atoms with van der Waals surface area (Å²) in [5, 5.41) is 8.96. The quantitative estimate of drug-likeness (QED) is 0.340. The minimum absolute atomic E-state index is 0.0288. The molecular formula is C22H30ClN7O3. The summed E-state index contributed by atoms with van der Waals surface area (Å²) >= 11 is 6.28. The fraction of sp³-hybridized carbons (Fsp3) is 0.455. The maximum Gasteiger partial charge on any atom is 0.267 e. The molecule has 8 N–H and O–H groups in total. The van der Waals surface area contributed by atoms with E-state index < -0.39 is 11.5 Å². The maximum absolute atomic E-state index is 12.5. The van der Waals surface area contributed by atoms with Crippen molar-refractivity contribution in [2.24, 2.45) is 11.5 Å². The Bertz CT molecular complexity index is 1090. The molecule has 10 nitrogen and oxygen atoms in total. The summed E-state index contributed by atoms with van der Waals surface area (Å²) in [6, 6.07) is 4.60. The van der Waals surface area contributed by atoms with E-state index in [0.29, 0.717) is 17.8 Å². The highest BCUT2D eigenvalue weighted by Crippen LogP contribution is 2.27. The molecule has 0 bridgehead atoms. The smallest absolute Gasteiger partial charge is 0.267 e. The number of halogens is 1. The summed E-state index contributed by atoms with van der Waals surface area (Å²) in [6.45, 7) is 4.12. The van der Waals surface area contributed by atoms with Crippen LogP contribution in [0.3, 0.4) is 0 Å². The van der Waals surface area contributed by atoms with Gasteiger partial charge in [-0.1, -0.05) is 30.9 Å². The van der Waals surface area contributed by atoms with Gasteiger partial charge in [-0.3, -0.25) is 19.4 Å². The highest BCUT2D eigenvalue weighted by Gasteiger charge is 2.27. The molecule has 11 heteroatoms. The molecule has 1 saturated carbocycles. The highest BCUT2D eigenvalue weighted by molar-refractivity contribution is 6.34. The number of aromatic nitrogens is 2. The van der Waals surface area contributed by atoms with Crippen molar-refractivity contribution in [3.8, 4) is 0 Å². The van der Waals surface area contributed by atoms with Crippen LogP contribution in [0, 0.1) is 0 Å². The molecule has 0 radical (unpaired) electrons. The Hall–Kier alpha value is -3.11. The zero-order chi connectivity index (χ0) is 24.2. The van der Waals surface area contributed by atoms with Crippen LogP contribution in [0.1, 0.15) is 66.7 Å². The number of primary amides is 1. The number of aromatic amines is 1. The first-order valence-electron chi connectivity index (χ1n) is 10.9. The monoisotopic (exact) mass is 475 g/mol. The number of nitrogens with one attached hydrogen (secondary N) is 4. The van der Waals surface area contributed by atoms with E-state index in [0.717, 1.165) is 32.1 Å². The summed E-state index contributed by atoms with van der Waals surface area (Å²) in [5.74, 6) is -1.10. The molecule has 1 aliphatic rings. The van der Waals surface area contributed by atoms with Gasteiger partial charge < -0.3 is 27.4 Å². The Balaban J connectivity index is 1.85.